The van der Waals surface area contributed by atoms with Crippen molar-refractivity contribution in [3.8, 4) is 5.75 Å². The molecule has 0 spiro atoms. The molecule has 1 aromatic rings. The molecule has 0 unspecified atom stereocenters. The van der Waals surface area contributed by atoms with E-state index in [1.165, 1.54) is 11.1 Å². The molecule has 2 heteroatoms. The summed E-state index contributed by atoms with van der Waals surface area (Å²) < 4.78 is 5.53. The average molecular weight is 273 g/mol. The molecular formula is C18H27NO. The standard InChI is InChI=1S/C18H27NO/c1-18(2,3)19-12-7-5-4-6-8-15-9-10-17-16(14-15)11-13-20-17/h4-5,9-10,14,19H,6-8,11-13H2,1-3H3. The van der Waals surface area contributed by atoms with Gasteiger partial charge in [-0.3, -0.25) is 0 Å². The predicted octanol–water partition coefficient (Wildman–Crippen LogP) is 3.89. The van der Waals surface area contributed by atoms with Gasteiger partial charge in [-0.15, -0.1) is 0 Å². The van der Waals surface area contributed by atoms with E-state index < -0.39 is 0 Å². The van der Waals surface area contributed by atoms with Crippen molar-refractivity contribution in [1.82, 2.24) is 5.32 Å². The molecule has 20 heavy (non-hydrogen) atoms. The molecule has 110 valence electrons. The molecule has 0 aliphatic carbocycles. The summed E-state index contributed by atoms with van der Waals surface area (Å²) in [5, 5.41) is 3.49. The predicted molar refractivity (Wildman–Crippen MR) is 85.5 cm³/mol. The lowest BCUT2D eigenvalue weighted by atomic mass is 10.0. The Balaban J connectivity index is 1.66. The minimum Gasteiger partial charge on any atom is -0.493 e. The van der Waals surface area contributed by atoms with Gasteiger partial charge < -0.3 is 10.1 Å². The maximum Gasteiger partial charge on any atom is 0.122 e. The third kappa shape index (κ3) is 5.01. The van der Waals surface area contributed by atoms with E-state index in [9.17, 15) is 0 Å². The molecule has 2 rings (SSSR count). The number of allylic oxidation sites excluding steroid dienone is 1. The van der Waals surface area contributed by atoms with Gasteiger partial charge >= 0.3 is 0 Å². The number of hydrogen-bond acceptors (Lipinski definition) is 2. The van der Waals surface area contributed by atoms with Crippen LogP contribution in [0.4, 0.5) is 0 Å². The van der Waals surface area contributed by atoms with E-state index in [0.29, 0.717) is 0 Å². The molecule has 1 N–H and O–H groups in total. The van der Waals surface area contributed by atoms with Crippen LogP contribution >= 0.6 is 0 Å². The van der Waals surface area contributed by atoms with Gasteiger partial charge in [0.15, 0.2) is 0 Å². The second-order valence-corrected chi connectivity index (χ2v) is 6.52. The van der Waals surface area contributed by atoms with Crippen molar-refractivity contribution in [2.75, 3.05) is 13.2 Å². The molecule has 0 atom stereocenters. The summed E-state index contributed by atoms with van der Waals surface area (Å²) in [4.78, 5) is 0. The zero-order valence-electron chi connectivity index (χ0n) is 13.0. The number of nitrogens with one attached hydrogen (secondary N) is 1. The highest BCUT2D eigenvalue weighted by Crippen LogP contribution is 2.26. The molecule has 0 amide bonds. The number of rotatable bonds is 6. The van der Waals surface area contributed by atoms with E-state index >= 15 is 0 Å². The molecule has 1 aliphatic rings. The van der Waals surface area contributed by atoms with Gasteiger partial charge in [0.05, 0.1) is 6.61 Å². The third-order valence-corrected chi connectivity index (χ3v) is 3.49. The van der Waals surface area contributed by atoms with Crippen LogP contribution in [0.5, 0.6) is 5.75 Å². The average Bonchev–Trinajstić information content (AvgIpc) is 2.83. The van der Waals surface area contributed by atoms with Crippen molar-refractivity contribution in [3.05, 3.63) is 41.5 Å². The van der Waals surface area contributed by atoms with E-state index in [1.54, 1.807) is 0 Å². The fraction of sp³-hybridized carbons (Fsp3) is 0.556. The molecule has 0 saturated heterocycles. The van der Waals surface area contributed by atoms with Crippen LogP contribution in [0.25, 0.3) is 0 Å². The zero-order valence-corrected chi connectivity index (χ0v) is 13.0. The first-order valence-corrected chi connectivity index (χ1v) is 7.69. The Morgan fingerprint density at radius 3 is 2.80 bits per heavy atom. The summed E-state index contributed by atoms with van der Waals surface area (Å²) in [6.07, 6.45) is 9.00. The van der Waals surface area contributed by atoms with Gasteiger partial charge in [-0.05, 0) is 63.8 Å². The van der Waals surface area contributed by atoms with Crippen molar-refractivity contribution < 1.29 is 4.74 Å². The van der Waals surface area contributed by atoms with Gasteiger partial charge in [-0.25, -0.2) is 0 Å². The first-order valence-electron chi connectivity index (χ1n) is 7.69. The van der Waals surface area contributed by atoms with Crippen LogP contribution in [0.15, 0.2) is 30.4 Å². The van der Waals surface area contributed by atoms with E-state index in [0.717, 1.165) is 44.6 Å². The van der Waals surface area contributed by atoms with E-state index in [-0.39, 0.29) is 5.54 Å². The monoisotopic (exact) mass is 273 g/mol. The van der Waals surface area contributed by atoms with Crippen LogP contribution in [-0.4, -0.2) is 18.7 Å². The van der Waals surface area contributed by atoms with Crippen LogP contribution < -0.4 is 10.1 Å². The molecule has 0 aromatic heterocycles. The molecule has 2 nitrogen and oxygen atoms in total. The molecule has 0 fully saturated rings. The second-order valence-electron chi connectivity index (χ2n) is 6.52. The summed E-state index contributed by atoms with van der Waals surface area (Å²) in [5.74, 6) is 1.08. The van der Waals surface area contributed by atoms with E-state index in [4.69, 9.17) is 4.74 Å². The lowest BCUT2D eigenvalue weighted by molar-refractivity contribution is 0.357. The maximum atomic E-state index is 5.53. The summed E-state index contributed by atoms with van der Waals surface area (Å²) in [7, 11) is 0. The smallest absolute Gasteiger partial charge is 0.122 e. The quantitative estimate of drug-likeness (QED) is 0.627. The lowest BCUT2D eigenvalue weighted by Crippen LogP contribution is -2.36. The summed E-state index contributed by atoms with van der Waals surface area (Å²) in [6, 6.07) is 6.62. The van der Waals surface area contributed by atoms with Gasteiger partial charge in [0.1, 0.15) is 5.75 Å². The molecule has 0 radical (unpaired) electrons. The minimum atomic E-state index is 0.223. The summed E-state index contributed by atoms with van der Waals surface area (Å²) in [5.41, 5.74) is 3.02. The topological polar surface area (TPSA) is 21.3 Å². The first-order chi connectivity index (χ1) is 9.54. The maximum absolute atomic E-state index is 5.53. The largest absolute Gasteiger partial charge is 0.493 e. The van der Waals surface area contributed by atoms with Gasteiger partial charge in [0.2, 0.25) is 0 Å². The highest BCUT2D eigenvalue weighted by molar-refractivity contribution is 5.39. The molecule has 0 bridgehead atoms. The van der Waals surface area contributed by atoms with Gasteiger partial charge in [0, 0.05) is 12.0 Å². The number of hydrogen-bond donors (Lipinski definition) is 1. The fourth-order valence-electron chi connectivity index (χ4n) is 2.41. The van der Waals surface area contributed by atoms with Crippen molar-refractivity contribution in [3.63, 3.8) is 0 Å². The number of ether oxygens (including phenoxy) is 1. The van der Waals surface area contributed by atoms with Gasteiger partial charge in [-0.1, -0.05) is 24.3 Å². The van der Waals surface area contributed by atoms with Crippen molar-refractivity contribution in [1.29, 1.82) is 0 Å². The molecule has 1 aliphatic heterocycles. The van der Waals surface area contributed by atoms with Crippen LogP contribution in [0.3, 0.4) is 0 Å². The molecular weight excluding hydrogens is 246 g/mol. The Hall–Kier alpha value is -1.28. The van der Waals surface area contributed by atoms with Crippen LogP contribution in [0.2, 0.25) is 0 Å². The van der Waals surface area contributed by atoms with Crippen LogP contribution in [0, 0.1) is 0 Å². The van der Waals surface area contributed by atoms with Crippen LogP contribution in [0.1, 0.15) is 44.7 Å². The lowest BCUT2D eigenvalue weighted by Gasteiger charge is -2.19. The fourth-order valence-corrected chi connectivity index (χ4v) is 2.41. The Kier molecular flexibility index (Phi) is 5.24. The number of aryl methyl sites for hydroxylation is 1. The highest BCUT2D eigenvalue weighted by Gasteiger charge is 2.11. The van der Waals surface area contributed by atoms with Gasteiger partial charge in [-0.2, -0.15) is 0 Å². The zero-order chi connectivity index (χ0) is 14.4. The minimum absolute atomic E-state index is 0.223. The van der Waals surface area contributed by atoms with Crippen molar-refractivity contribution >= 4 is 0 Å². The molecule has 1 aromatic carbocycles. The summed E-state index contributed by atoms with van der Waals surface area (Å²) >= 11 is 0. The normalized spacial score (nSPS) is 14.6. The first kappa shape index (κ1) is 15.1. The van der Waals surface area contributed by atoms with E-state index in [1.807, 2.05) is 0 Å². The molecule has 0 saturated carbocycles. The Morgan fingerprint density at radius 1 is 1.20 bits per heavy atom. The summed E-state index contributed by atoms with van der Waals surface area (Å²) in [6.45, 7) is 8.51. The van der Waals surface area contributed by atoms with Crippen molar-refractivity contribution in [2.24, 2.45) is 0 Å². The second kappa shape index (κ2) is 6.94. The number of fused-ring (bicyclic) bond motifs is 1. The van der Waals surface area contributed by atoms with Crippen molar-refractivity contribution in [2.45, 2.75) is 52.0 Å². The number of benzene rings is 1. The third-order valence-electron chi connectivity index (χ3n) is 3.49. The van der Waals surface area contributed by atoms with E-state index in [2.05, 4.69) is 56.4 Å². The van der Waals surface area contributed by atoms with Crippen LogP contribution in [-0.2, 0) is 12.8 Å². The SMILES string of the molecule is CC(C)(C)NCCC=CCCc1ccc2c(c1)CCO2. The Labute approximate surface area is 123 Å². The molecule has 1 heterocycles. The van der Waals surface area contributed by atoms with Gasteiger partial charge in [0.25, 0.3) is 0 Å². The Morgan fingerprint density at radius 2 is 2.00 bits per heavy atom. The Bertz CT molecular complexity index is 457. The highest BCUT2D eigenvalue weighted by atomic mass is 16.5.